The number of amides is 2. The fraction of sp³-hybridized carbons (Fsp3) is 0.500. The molecular weight excluding hydrogens is 578 g/mol. The largest absolute Gasteiger partial charge is 0.445 e. The van der Waals surface area contributed by atoms with Gasteiger partial charge in [0, 0.05) is 36.4 Å². The number of likely N-dealkylation sites (tertiary alicyclic amines) is 1. The number of nitrogens with one attached hydrogen (secondary N) is 1. The van der Waals surface area contributed by atoms with Crippen molar-refractivity contribution in [2.45, 2.75) is 92.1 Å². The molecule has 3 aromatic rings. The van der Waals surface area contributed by atoms with E-state index in [1.165, 1.54) is 0 Å². The number of aromatic nitrogens is 2. The Kier molecular flexibility index (Phi) is 10.2. The van der Waals surface area contributed by atoms with Gasteiger partial charge in [-0.1, -0.05) is 51.1 Å². The number of nitrogens with zero attached hydrogens (tertiary/aromatic N) is 4. The average molecular weight is 624 g/mol. The lowest BCUT2D eigenvalue weighted by Crippen LogP contribution is -2.45. The van der Waals surface area contributed by atoms with Gasteiger partial charge < -0.3 is 29.2 Å². The Labute approximate surface area is 266 Å². The number of carbonyl (C=O) groups excluding carboxylic acids is 2. The molecule has 0 radical (unpaired) electrons. The van der Waals surface area contributed by atoms with E-state index in [1.807, 2.05) is 75.1 Å². The summed E-state index contributed by atoms with van der Waals surface area (Å²) in [5.41, 5.74) is 2.75. The quantitative estimate of drug-likeness (QED) is 0.241. The summed E-state index contributed by atoms with van der Waals surface area (Å²) in [4.78, 5) is 34.7. The Bertz CT molecular complexity index is 1470. The molecule has 1 aromatic heterocycles. The van der Waals surface area contributed by atoms with E-state index in [0.717, 1.165) is 35.1 Å². The predicted molar refractivity (Wildman–Crippen MR) is 176 cm³/mol. The molecular formula is C34H46ClN5O4. The van der Waals surface area contributed by atoms with Crippen LogP contribution in [0.1, 0.15) is 66.9 Å². The van der Waals surface area contributed by atoms with Gasteiger partial charge in [0.05, 0.1) is 17.1 Å². The third-order valence-electron chi connectivity index (χ3n) is 7.94. The molecule has 0 aliphatic carbocycles. The number of hydrogen-bond acceptors (Lipinski definition) is 6. The maximum Gasteiger partial charge on any atom is 0.410 e. The van der Waals surface area contributed by atoms with Crippen LogP contribution in [0.15, 0.2) is 55.1 Å². The van der Waals surface area contributed by atoms with Crippen LogP contribution in [0.25, 0.3) is 11.0 Å². The van der Waals surface area contributed by atoms with E-state index in [4.69, 9.17) is 26.1 Å². The third-order valence-corrected chi connectivity index (χ3v) is 8.20. The van der Waals surface area contributed by atoms with Gasteiger partial charge in [-0.25, -0.2) is 14.6 Å². The van der Waals surface area contributed by atoms with Crippen LogP contribution < -0.4 is 5.32 Å². The fourth-order valence-corrected chi connectivity index (χ4v) is 5.38. The molecule has 2 amide bonds. The van der Waals surface area contributed by atoms with E-state index >= 15 is 0 Å². The van der Waals surface area contributed by atoms with E-state index in [-0.39, 0.29) is 36.3 Å². The molecule has 0 saturated carbocycles. The van der Waals surface area contributed by atoms with Crippen molar-refractivity contribution in [3.63, 3.8) is 0 Å². The Morgan fingerprint density at radius 2 is 1.86 bits per heavy atom. The second-order valence-electron chi connectivity index (χ2n) is 13.5. The summed E-state index contributed by atoms with van der Waals surface area (Å²) in [7, 11) is 0. The Hall–Kier alpha value is -3.72. The Morgan fingerprint density at radius 1 is 1.16 bits per heavy atom. The molecule has 1 fully saturated rings. The van der Waals surface area contributed by atoms with Gasteiger partial charge in [0.2, 0.25) is 5.95 Å². The number of carbonyl (C=O) groups is 2. The normalized spacial score (nSPS) is 16.1. The van der Waals surface area contributed by atoms with E-state index in [1.54, 1.807) is 11.0 Å². The summed E-state index contributed by atoms with van der Waals surface area (Å²) in [5.74, 6) is 0.654. The molecule has 1 unspecified atom stereocenters. The van der Waals surface area contributed by atoms with Crippen molar-refractivity contribution < 1.29 is 19.1 Å². The molecule has 0 spiro atoms. The number of anilines is 2. The predicted octanol–water partition coefficient (Wildman–Crippen LogP) is 8.39. The van der Waals surface area contributed by atoms with Gasteiger partial charge in [-0.3, -0.25) is 0 Å². The van der Waals surface area contributed by atoms with Crippen LogP contribution in [0.3, 0.4) is 0 Å². The minimum absolute atomic E-state index is 0.0459. The molecule has 10 heteroatoms. The molecule has 2 heterocycles. The molecule has 4 rings (SSSR count). The number of halogens is 1. The molecule has 2 atom stereocenters. The number of fused-ring (bicyclic) bond motifs is 1. The first-order valence-electron chi connectivity index (χ1n) is 15.2. The lowest BCUT2D eigenvalue weighted by Gasteiger charge is -2.37. The highest BCUT2D eigenvalue weighted by molar-refractivity contribution is 6.30. The first kappa shape index (κ1) is 33.2. The minimum atomic E-state index is -0.569. The lowest BCUT2D eigenvalue weighted by atomic mass is 9.87. The first-order valence-corrected chi connectivity index (χ1v) is 15.6. The third kappa shape index (κ3) is 8.25. The van der Waals surface area contributed by atoms with E-state index < -0.39 is 5.60 Å². The highest BCUT2D eigenvalue weighted by Crippen LogP contribution is 2.31. The van der Waals surface area contributed by atoms with Gasteiger partial charge in [0.1, 0.15) is 12.2 Å². The van der Waals surface area contributed by atoms with Crippen LogP contribution >= 0.6 is 11.6 Å². The topological polar surface area (TPSA) is 88.9 Å². The van der Waals surface area contributed by atoms with Gasteiger partial charge in [-0.15, -0.1) is 0 Å². The van der Waals surface area contributed by atoms with Crippen LogP contribution in [0.2, 0.25) is 5.02 Å². The lowest BCUT2D eigenvalue weighted by molar-refractivity contribution is 0.0215. The molecule has 9 nitrogen and oxygen atoms in total. The van der Waals surface area contributed by atoms with Crippen LogP contribution in [-0.4, -0.2) is 62.4 Å². The highest BCUT2D eigenvalue weighted by Gasteiger charge is 2.34. The number of benzene rings is 2. The van der Waals surface area contributed by atoms with Crippen molar-refractivity contribution >= 4 is 46.5 Å². The van der Waals surface area contributed by atoms with E-state index in [9.17, 15) is 9.59 Å². The summed E-state index contributed by atoms with van der Waals surface area (Å²) in [6.45, 7) is 19.4. The van der Waals surface area contributed by atoms with Gasteiger partial charge in [-0.05, 0) is 87.9 Å². The van der Waals surface area contributed by atoms with Crippen molar-refractivity contribution in [2.24, 2.45) is 5.41 Å². The zero-order chi connectivity index (χ0) is 32.2. The molecule has 1 N–H and O–H groups in total. The van der Waals surface area contributed by atoms with Gasteiger partial charge in [0.25, 0.3) is 0 Å². The SMILES string of the molecule is C=CCOC(=O)N(Cc1ccc2c(c1)nc(Nc1ccc(Cl)cc1)n2CC1CCCN1C(=O)OC(C)(C)C)[C@@H](C)C(C)(C)C. The molecule has 238 valence electrons. The summed E-state index contributed by atoms with van der Waals surface area (Å²) in [6, 6.07) is 13.4. The highest BCUT2D eigenvalue weighted by atomic mass is 35.5. The monoisotopic (exact) mass is 623 g/mol. The van der Waals surface area contributed by atoms with Crippen LogP contribution in [0, 0.1) is 5.41 Å². The average Bonchev–Trinajstić information content (AvgIpc) is 3.54. The standard InChI is InChI=1S/C34H46ClN5O4/c1-9-19-43-31(41)39(23(2)33(3,4)5)21-24-12-17-29-28(20-24)37-30(36-26-15-13-25(35)14-16-26)40(29)22-27-11-10-18-38(27)32(42)44-34(6,7)8/h9,12-17,20,23,27H,1,10-11,18-19,21-22H2,2-8H3,(H,36,37)/t23-,27?/m0/s1. The smallest absolute Gasteiger partial charge is 0.410 e. The summed E-state index contributed by atoms with van der Waals surface area (Å²) >= 11 is 6.13. The number of imidazole rings is 1. The number of hydrogen-bond donors (Lipinski definition) is 1. The van der Waals surface area contributed by atoms with Crippen molar-refractivity contribution in [1.82, 2.24) is 19.4 Å². The van der Waals surface area contributed by atoms with Crippen molar-refractivity contribution in [1.29, 1.82) is 0 Å². The molecule has 0 bridgehead atoms. The summed E-state index contributed by atoms with van der Waals surface area (Å²) in [6.07, 6.45) is 2.66. The molecule has 1 saturated heterocycles. The second-order valence-corrected chi connectivity index (χ2v) is 13.9. The molecule has 2 aromatic carbocycles. The van der Waals surface area contributed by atoms with Crippen LogP contribution in [0.4, 0.5) is 21.2 Å². The zero-order valence-electron chi connectivity index (χ0n) is 27.0. The fourth-order valence-electron chi connectivity index (χ4n) is 5.25. The summed E-state index contributed by atoms with van der Waals surface area (Å²) < 4.78 is 13.3. The number of rotatable bonds is 9. The van der Waals surface area contributed by atoms with Crippen molar-refractivity contribution in [3.05, 3.63) is 65.7 Å². The van der Waals surface area contributed by atoms with Crippen LogP contribution in [0.5, 0.6) is 0 Å². The molecule has 1 aliphatic heterocycles. The number of ether oxygens (including phenoxy) is 2. The van der Waals surface area contributed by atoms with Gasteiger partial charge in [-0.2, -0.15) is 0 Å². The van der Waals surface area contributed by atoms with E-state index in [0.29, 0.717) is 30.6 Å². The first-order chi connectivity index (χ1) is 20.7. The van der Waals surface area contributed by atoms with Crippen molar-refractivity contribution in [3.8, 4) is 0 Å². The molecule has 44 heavy (non-hydrogen) atoms. The van der Waals surface area contributed by atoms with E-state index in [2.05, 4.69) is 37.2 Å². The van der Waals surface area contributed by atoms with Crippen molar-refractivity contribution in [2.75, 3.05) is 18.5 Å². The van der Waals surface area contributed by atoms with Gasteiger partial charge >= 0.3 is 12.2 Å². The Morgan fingerprint density at radius 3 is 2.50 bits per heavy atom. The Balaban J connectivity index is 1.69. The minimum Gasteiger partial charge on any atom is -0.445 e. The second kappa shape index (κ2) is 13.5. The van der Waals surface area contributed by atoms with Crippen LogP contribution in [-0.2, 0) is 22.6 Å². The van der Waals surface area contributed by atoms with Gasteiger partial charge in [0.15, 0.2) is 0 Å². The maximum absolute atomic E-state index is 13.1. The maximum atomic E-state index is 13.1. The zero-order valence-corrected chi connectivity index (χ0v) is 27.8. The summed E-state index contributed by atoms with van der Waals surface area (Å²) in [5, 5.41) is 4.10. The molecule has 1 aliphatic rings.